The molecule has 3 rings (SSSR count). The van der Waals surface area contributed by atoms with Gasteiger partial charge in [0.1, 0.15) is 5.75 Å². The molecule has 1 aliphatic heterocycles. The Bertz CT molecular complexity index is 733. The second-order valence-electron chi connectivity index (χ2n) is 5.73. The van der Waals surface area contributed by atoms with Crippen molar-refractivity contribution in [3.05, 3.63) is 24.3 Å². The Kier molecular flexibility index (Phi) is 5.26. The van der Waals surface area contributed by atoms with Crippen molar-refractivity contribution in [2.24, 2.45) is 0 Å². The predicted molar refractivity (Wildman–Crippen MR) is 94.9 cm³/mol. The first-order valence-electron chi connectivity index (χ1n) is 8.14. The van der Waals surface area contributed by atoms with E-state index >= 15 is 0 Å². The van der Waals surface area contributed by atoms with Crippen LogP contribution in [0, 0.1) is 11.3 Å². The lowest BCUT2D eigenvalue weighted by Gasteiger charge is -2.28. The van der Waals surface area contributed by atoms with Crippen LogP contribution in [0.3, 0.4) is 0 Å². The van der Waals surface area contributed by atoms with Crippen molar-refractivity contribution in [2.75, 3.05) is 25.1 Å². The van der Waals surface area contributed by atoms with Crippen LogP contribution in [-0.4, -0.2) is 40.2 Å². The quantitative estimate of drug-likeness (QED) is 0.776. The highest BCUT2D eigenvalue weighted by Crippen LogP contribution is 2.33. The second kappa shape index (κ2) is 7.58. The molecule has 0 radical (unpaired) electrons. The minimum Gasteiger partial charge on any atom is -0.495 e. The summed E-state index contributed by atoms with van der Waals surface area (Å²) in [6.45, 7) is 3.82. The number of aromatic nitrogens is 3. The van der Waals surface area contributed by atoms with Gasteiger partial charge in [0.15, 0.2) is 5.16 Å². The Hall–Kier alpha value is -2.20. The van der Waals surface area contributed by atoms with Crippen LogP contribution in [0.25, 0.3) is 5.69 Å². The number of para-hydroxylation sites is 2. The number of benzene rings is 1. The zero-order valence-electron chi connectivity index (χ0n) is 14.0. The highest BCUT2D eigenvalue weighted by Gasteiger charge is 2.24. The summed E-state index contributed by atoms with van der Waals surface area (Å²) in [4.78, 5) is 2.27. The van der Waals surface area contributed by atoms with Crippen molar-refractivity contribution < 1.29 is 4.74 Å². The second-order valence-corrected chi connectivity index (χ2v) is 7.03. The fraction of sp³-hybridized carbons (Fsp3) is 0.471. The maximum atomic E-state index is 9.15. The first kappa shape index (κ1) is 16.7. The fourth-order valence-corrected chi connectivity index (χ4v) is 3.59. The number of methoxy groups -OCH3 is 1. The van der Waals surface area contributed by atoms with Crippen LogP contribution in [0.5, 0.6) is 5.75 Å². The number of hydrogen-bond acceptors (Lipinski definition) is 6. The summed E-state index contributed by atoms with van der Waals surface area (Å²) < 4.78 is 7.55. The first-order chi connectivity index (χ1) is 11.7. The van der Waals surface area contributed by atoms with E-state index in [0.29, 0.717) is 5.16 Å². The maximum Gasteiger partial charge on any atom is 0.232 e. The molecule has 1 atom stereocenters. The normalized spacial score (nSPS) is 15.8. The third-order valence-electron chi connectivity index (χ3n) is 4.05. The van der Waals surface area contributed by atoms with Gasteiger partial charge < -0.3 is 9.64 Å². The molecule has 0 amide bonds. The van der Waals surface area contributed by atoms with Gasteiger partial charge in [0, 0.05) is 13.1 Å². The van der Waals surface area contributed by atoms with Crippen LogP contribution >= 0.6 is 11.8 Å². The van der Waals surface area contributed by atoms with Gasteiger partial charge in [-0.2, -0.15) is 5.26 Å². The summed E-state index contributed by atoms with van der Waals surface area (Å²) >= 11 is 1.42. The summed E-state index contributed by atoms with van der Waals surface area (Å²) in [6.07, 6.45) is 3.58. The van der Waals surface area contributed by atoms with E-state index in [-0.39, 0.29) is 5.25 Å². The van der Waals surface area contributed by atoms with Crippen LogP contribution in [0.4, 0.5) is 5.95 Å². The molecule has 2 aromatic rings. The van der Waals surface area contributed by atoms with Gasteiger partial charge in [0.2, 0.25) is 5.95 Å². The molecule has 126 valence electrons. The molecule has 1 unspecified atom stereocenters. The Labute approximate surface area is 146 Å². The van der Waals surface area contributed by atoms with E-state index < -0.39 is 0 Å². The van der Waals surface area contributed by atoms with Crippen molar-refractivity contribution in [2.45, 2.75) is 36.6 Å². The predicted octanol–water partition coefficient (Wildman–Crippen LogP) is 3.27. The van der Waals surface area contributed by atoms with Gasteiger partial charge in [-0.15, -0.1) is 10.2 Å². The van der Waals surface area contributed by atoms with Crippen molar-refractivity contribution in [1.82, 2.24) is 14.8 Å². The smallest absolute Gasteiger partial charge is 0.232 e. The molecule has 0 spiro atoms. The third kappa shape index (κ3) is 3.34. The van der Waals surface area contributed by atoms with Gasteiger partial charge in [-0.05, 0) is 38.3 Å². The van der Waals surface area contributed by atoms with Gasteiger partial charge in [-0.25, -0.2) is 0 Å². The number of anilines is 1. The van der Waals surface area contributed by atoms with Crippen molar-refractivity contribution >= 4 is 17.7 Å². The molecule has 1 aromatic heterocycles. The molecule has 0 aliphatic carbocycles. The van der Waals surface area contributed by atoms with E-state index in [4.69, 9.17) is 10.00 Å². The molecular weight excluding hydrogens is 322 g/mol. The topological polar surface area (TPSA) is 67.0 Å². The van der Waals surface area contributed by atoms with Crippen molar-refractivity contribution in [1.29, 1.82) is 5.26 Å². The summed E-state index contributed by atoms with van der Waals surface area (Å²) in [6, 6.07) is 10.1. The number of nitriles is 1. The van der Waals surface area contributed by atoms with Gasteiger partial charge in [0.05, 0.1) is 24.1 Å². The minimum absolute atomic E-state index is 0.197. The van der Waals surface area contributed by atoms with Crippen LogP contribution in [0.1, 0.15) is 26.2 Å². The first-order valence-corrected chi connectivity index (χ1v) is 9.02. The van der Waals surface area contributed by atoms with E-state index in [1.807, 2.05) is 35.8 Å². The SMILES string of the molecule is COc1ccccc1-n1c(SC(C)C#N)nnc1N1CCCCC1. The summed E-state index contributed by atoms with van der Waals surface area (Å²) in [5.41, 5.74) is 0.901. The molecule has 1 aliphatic rings. The van der Waals surface area contributed by atoms with Crippen LogP contribution in [-0.2, 0) is 0 Å². The van der Waals surface area contributed by atoms with Gasteiger partial charge in [-0.3, -0.25) is 4.57 Å². The molecule has 0 saturated carbocycles. The number of nitrogens with zero attached hydrogens (tertiary/aromatic N) is 5. The van der Waals surface area contributed by atoms with E-state index in [0.717, 1.165) is 43.3 Å². The minimum atomic E-state index is -0.197. The number of ether oxygens (including phenoxy) is 1. The highest BCUT2D eigenvalue weighted by atomic mass is 32.2. The van der Waals surface area contributed by atoms with E-state index in [2.05, 4.69) is 21.2 Å². The van der Waals surface area contributed by atoms with Crippen LogP contribution in [0.2, 0.25) is 0 Å². The Morgan fingerprint density at radius 2 is 1.96 bits per heavy atom. The molecule has 1 fully saturated rings. The molecule has 24 heavy (non-hydrogen) atoms. The van der Waals surface area contributed by atoms with Crippen molar-refractivity contribution in [3.63, 3.8) is 0 Å². The average Bonchev–Trinajstić information content (AvgIpc) is 3.05. The number of piperidine rings is 1. The largest absolute Gasteiger partial charge is 0.495 e. The number of hydrogen-bond donors (Lipinski definition) is 0. The average molecular weight is 343 g/mol. The lowest BCUT2D eigenvalue weighted by Crippen LogP contribution is -2.31. The Morgan fingerprint density at radius 3 is 2.67 bits per heavy atom. The van der Waals surface area contributed by atoms with E-state index in [9.17, 15) is 0 Å². The fourth-order valence-electron chi connectivity index (χ4n) is 2.85. The molecule has 1 saturated heterocycles. The Morgan fingerprint density at radius 1 is 1.21 bits per heavy atom. The molecular formula is C17H21N5OS. The molecule has 0 N–H and O–H groups in total. The zero-order valence-corrected chi connectivity index (χ0v) is 14.8. The van der Waals surface area contributed by atoms with Gasteiger partial charge in [0.25, 0.3) is 0 Å². The lowest BCUT2D eigenvalue weighted by atomic mass is 10.1. The van der Waals surface area contributed by atoms with Crippen LogP contribution in [0.15, 0.2) is 29.4 Å². The zero-order chi connectivity index (χ0) is 16.9. The molecule has 1 aromatic carbocycles. The number of thioether (sulfide) groups is 1. The number of rotatable bonds is 5. The van der Waals surface area contributed by atoms with Crippen molar-refractivity contribution in [3.8, 4) is 17.5 Å². The lowest BCUT2D eigenvalue weighted by molar-refractivity contribution is 0.412. The Balaban J connectivity index is 2.08. The highest BCUT2D eigenvalue weighted by molar-refractivity contribution is 8.00. The monoisotopic (exact) mass is 343 g/mol. The summed E-state index contributed by atoms with van der Waals surface area (Å²) in [5, 5.41) is 18.5. The third-order valence-corrected chi connectivity index (χ3v) is 4.98. The standard InChI is InChI=1S/C17H21N5OS/c1-13(12-18)24-17-20-19-16(21-10-6-3-7-11-21)22(17)14-8-4-5-9-15(14)23-2/h4-5,8-9,13H,3,6-7,10-11H2,1-2H3. The summed E-state index contributed by atoms with van der Waals surface area (Å²) in [5.74, 6) is 1.59. The van der Waals surface area contributed by atoms with Crippen LogP contribution < -0.4 is 9.64 Å². The summed E-state index contributed by atoms with van der Waals surface area (Å²) in [7, 11) is 1.66. The van der Waals surface area contributed by atoms with E-state index in [1.54, 1.807) is 7.11 Å². The van der Waals surface area contributed by atoms with Gasteiger partial charge >= 0.3 is 0 Å². The van der Waals surface area contributed by atoms with E-state index in [1.165, 1.54) is 18.2 Å². The molecule has 2 heterocycles. The molecule has 6 nitrogen and oxygen atoms in total. The maximum absolute atomic E-state index is 9.15. The molecule has 0 bridgehead atoms. The van der Waals surface area contributed by atoms with Gasteiger partial charge in [-0.1, -0.05) is 23.9 Å². The molecule has 7 heteroatoms.